The summed E-state index contributed by atoms with van der Waals surface area (Å²) in [5.74, 6) is -1.26. The number of benzene rings is 1. The van der Waals surface area contributed by atoms with Crippen molar-refractivity contribution in [2.75, 3.05) is 5.73 Å². The van der Waals surface area contributed by atoms with Crippen molar-refractivity contribution in [3.63, 3.8) is 0 Å². The van der Waals surface area contributed by atoms with Crippen LogP contribution >= 0.6 is 0 Å². The molecule has 2 rings (SSSR count). The van der Waals surface area contributed by atoms with Crippen molar-refractivity contribution in [3.05, 3.63) is 42.0 Å². The van der Waals surface area contributed by atoms with Gasteiger partial charge < -0.3 is 11.5 Å². The average molecular weight is 220 g/mol. The van der Waals surface area contributed by atoms with Crippen molar-refractivity contribution in [2.45, 2.75) is 0 Å². The van der Waals surface area contributed by atoms with Gasteiger partial charge in [0.15, 0.2) is 0 Å². The van der Waals surface area contributed by atoms with E-state index in [-0.39, 0.29) is 11.3 Å². The van der Waals surface area contributed by atoms with Crippen LogP contribution in [0.3, 0.4) is 0 Å². The second kappa shape index (κ2) is 3.65. The van der Waals surface area contributed by atoms with Crippen molar-refractivity contribution in [3.8, 4) is 5.69 Å². The molecular weight excluding hydrogens is 211 g/mol. The predicted molar refractivity (Wildman–Crippen MR) is 56.5 cm³/mol. The summed E-state index contributed by atoms with van der Waals surface area (Å²) in [4.78, 5) is 10.8. The number of anilines is 1. The maximum absolute atomic E-state index is 13.6. The number of halogens is 1. The highest BCUT2D eigenvalue weighted by Gasteiger charge is 2.09. The van der Waals surface area contributed by atoms with Crippen LogP contribution < -0.4 is 11.5 Å². The fourth-order valence-corrected chi connectivity index (χ4v) is 1.31. The van der Waals surface area contributed by atoms with Gasteiger partial charge in [-0.1, -0.05) is 0 Å². The largest absolute Gasteiger partial charge is 0.396 e. The van der Waals surface area contributed by atoms with E-state index in [1.54, 1.807) is 0 Å². The third kappa shape index (κ3) is 1.72. The van der Waals surface area contributed by atoms with Gasteiger partial charge in [0.05, 0.1) is 18.1 Å². The van der Waals surface area contributed by atoms with Crippen LogP contribution in [-0.2, 0) is 0 Å². The first-order chi connectivity index (χ1) is 7.58. The number of primary amides is 1. The summed E-state index contributed by atoms with van der Waals surface area (Å²) in [6.45, 7) is 0. The summed E-state index contributed by atoms with van der Waals surface area (Å²) in [7, 11) is 0. The fraction of sp³-hybridized carbons (Fsp3) is 0. The number of nitrogens with two attached hydrogens (primary N) is 2. The molecule has 1 aromatic heterocycles. The topological polar surface area (TPSA) is 86.9 Å². The second-order valence-electron chi connectivity index (χ2n) is 3.25. The Morgan fingerprint density at radius 3 is 2.69 bits per heavy atom. The van der Waals surface area contributed by atoms with Crippen LogP contribution in [0.25, 0.3) is 5.69 Å². The Kier molecular flexibility index (Phi) is 2.32. The summed E-state index contributed by atoms with van der Waals surface area (Å²) in [6, 6.07) is 3.91. The molecule has 0 unspecified atom stereocenters. The van der Waals surface area contributed by atoms with Crippen molar-refractivity contribution in [1.29, 1.82) is 0 Å². The molecule has 0 saturated carbocycles. The number of nitrogen functional groups attached to an aromatic ring is 1. The summed E-state index contributed by atoms with van der Waals surface area (Å²) in [5, 5.41) is 3.86. The lowest BCUT2D eigenvalue weighted by atomic mass is 10.2. The van der Waals surface area contributed by atoms with E-state index in [2.05, 4.69) is 5.10 Å². The van der Waals surface area contributed by atoms with Crippen molar-refractivity contribution in [2.24, 2.45) is 5.73 Å². The average Bonchev–Trinajstić information content (AvgIpc) is 2.64. The molecule has 5 nitrogen and oxygen atoms in total. The third-order valence-corrected chi connectivity index (χ3v) is 2.08. The highest BCUT2D eigenvalue weighted by molar-refractivity contribution is 5.92. The van der Waals surface area contributed by atoms with Crippen molar-refractivity contribution < 1.29 is 9.18 Å². The Morgan fingerprint density at radius 2 is 2.19 bits per heavy atom. The predicted octanol–water partition coefficient (Wildman–Crippen LogP) is 0.693. The molecule has 4 N–H and O–H groups in total. The Labute approximate surface area is 90.5 Å². The Morgan fingerprint density at radius 1 is 1.44 bits per heavy atom. The van der Waals surface area contributed by atoms with Crippen LogP contribution in [0.2, 0.25) is 0 Å². The van der Waals surface area contributed by atoms with Crippen LogP contribution in [0, 0.1) is 5.82 Å². The quantitative estimate of drug-likeness (QED) is 0.780. The maximum Gasteiger partial charge on any atom is 0.248 e. The standard InChI is InChI=1S/C10H9FN4O/c11-8-3-6(10(13)16)1-2-9(8)15-5-7(12)4-14-15/h1-5H,12H2,(H2,13,16). The number of carbonyl (C=O) groups excluding carboxylic acids is 1. The summed E-state index contributed by atoms with van der Waals surface area (Å²) in [5.41, 5.74) is 11.2. The van der Waals surface area contributed by atoms with E-state index in [0.29, 0.717) is 5.69 Å². The first kappa shape index (κ1) is 10.2. The molecule has 82 valence electrons. The lowest BCUT2D eigenvalue weighted by molar-refractivity contribution is 0.1000. The minimum Gasteiger partial charge on any atom is -0.396 e. The molecular formula is C10H9FN4O. The van der Waals surface area contributed by atoms with Crippen molar-refractivity contribution >= 4 is 11.6 Å². The molecule has 0 aliphatic rings. The smallest absolute Gasteiger partial charge is 0.248 e. The number of rotatable bonds is 2. The van der Waals surface area contributed by atoms with Gasteiger partial charge in [0.25, 0.3) is 0 Å². The molecule has 0 atom stereocenters. The van der Waals surface area contributed by atoms with Gasteiger partial charge in [-0.25, -0.2) is 9.07 Å². The molecule has 6 heteroatoms. The molecule has 2 aromatic rings. The first-order valence-corrected chi connectivity index (χ1v) is 4.48. The third-order valence-electron chi connectivity index (χ3n) is 2.08. The molecule has 0 radical (unpaired) electrons. The van der Waals surface area contributed by atoms with Crippen LogP contribution in [0.1, 0.15) is 10.4 Å². The van der Waals surface area contributed by atoms with Crippen molar-refractivity contribution in [1.82, 2.24) is 9.78 Å². The van der Waals surface area contributed by atoms with E-state index < -0.39 is 11.7 Å². The van der Waals surface area contributed by atoms with E-state index in [9.17, 15) is 9.18 Å². The number of nitrogens with zero attached hydrogens (tertiary/aromatic N) is 2. The van der Waals surface area contributed by atoms with Gasteiger partial charge in [-0.05, 0) is 18.2 Å². The van der Waals surface area contributed by atoms with E-state index in [1.807, 2.05) is 0 Å². The Balaban J connectivity index is 2.47. The lowest BCUT2D eigenvalue weighted by Crippen LogP contribution is -2.11. The number of hydrogen-bond donors (Lipinski definition) is 2. The van der Waals surface area contributed by atoms with Gasteiger partial charge in [-0.15, -0.1) is 0 Å². The highest BCUT2D eigenvalue weighted by Crippen LogP contribution is 2.15. The first-order valence-electron chi connectivity index (χ1n) is 4.48. The monoisotopic (exact) mass is 220 g/mol. The molecule has 0 fully saturated rings. The van der Waals surface area contributed by atoms with Gasteiger partial charge in [0.2, 0.25) is 5.91 Å². The number of hydrogen-bond acceptors (Lipinski definition) is 3. The van der Waals surface area contributed by atoms with Gasteiger partial charge in [0.1, 0.15) is 11.5 Å². The number of amides is 1. The van der Waals surface area contributed by atoms with Gasteiger partial charge >= 0.3 is 0 Å². The molecule has 1 aromatic carbocycles. The van der Waals surface area contributed by atoms with E-state index in [0.717, 1.165) is 6.07 Å². The molecule has 0 bridgehead atoms. The zero-order chi connectivity index (χ0) is 11.7. The summed E-state index contributed by atoms with van der Waals surface area (Å²) >= 11 is 0. The maximum atomic E-state index is 13.6. The zero-order valence-electron chi connectivity index (χ0n) is 8.22. The van der Waals surface area contributed by atoms with Gasteiger partial charge in [0, 0.05) is 5.56 Å². The Bertz CT molecular complexity index is 550. The molecule has 16 heavy (non-hydrogen) atoms. The molecule has 0 aliphatic heterocycles. The minimum atomic E-state index is -0.676. The van der Waals surface area contributed by atoms with E-state index >= 15 is 0 Å². The zero-order valence-corrected chi connectivity index (χ0v) is 8.22. The number of carbonyl (C=O) groups is 1. The van der Waals surface area contributed by atoms with Crippen LogP contribution in [-0.4, -0.2) is 15.7 Å². The van der Waals surface area contributed by atoms with Gasteiger partial charge in [-0.3, -0.25) is 4.79 Å². The molecule has 0 aliphatic carbocycles. The fourth-order valence-electron chi connectivity index (χ4n) is 1.31. The molecule has 1 heterocycles. The van der Waals surface area contributed by atoms with Crippen LogP contribution in [0.15, 0.2) is 30.6 Å². The van der Waals surface area contributed by atoms with Crippen LogP contribution in [0.5, 0.6) is 0 Å². The highest BCUT2D eigenvalue weighted by atomic mass is 19.1. The Hall–Kier alpha value is -2.37. The normalized spacial score (nSPS) is 10.3. The molecule has 1 amide bonds. The van der Waals surface area contributed by atoms with E-state index in [4.69, 9.17) is 11.5 Å². The SMILES string of the molecule is NC(=O)c1ccc(-n2cc(N)cn2)c(F)c1. The number of aromatic nitrogens is 2. The summed E-state index contributed by atoms with van der Waals surface area (Å²) in [6.07, 6.45) is 2.88. The lowest BCUT2D eigenvalue weighted by Gasteiger charge is -2.03. The molecule has 0 spiro atoms. The summed E-state index contributed by atoms with van der Waals surface area (Å²) < 4.78 is 14.9. The van der Waals surface area contributed by atoms with Gasteiger partial charge in [-0.2, -0.15) is 5.10 Å². The molecule has 0 saturated heterocycles. The van der Waals surface area contributed by atoms with E-state index in [1.165, 1.54) is 29.2 Å². The minimum absolute atomic E-state index is 0.112. The van der Waals surface area contributed by atoms with Crippen LogP contribution in [0.4, 0.5) is 10.1 Å². The second-order valence-corrected chi connectivity index (χ2v) is 3.25.